The number of benzene rings is 1. The fourth-order valence-corrected chi connectivity index (χ4v) is 2.43. The molecular weight excluding hydrogens is 310 g/mol. The molecule has 0 fully saturated rings. The van der Waals surface area contributed by atoms with Crippen molar-refractivity contribution in [2.45, 2.75) is 26.4 Å². The molecule has 2 aromatic heterocycles. The number of rotatable bonds is 5. The number of anilines is 1. The summed E-state index contributed by atoms with van der Waals surface area (Å²) in [4.78, 5) is 26.2. The fourth-order valence-electron chi connectivity index (χ4n) is 2.43. The van der Waals surface area contributed by atoms with Gasteiger partial charge in [-0.25, -0.2) is 4.79 Å². The van der Waals surface area contributed by atoms with Gasteiger partial charge in [0.1, 0.15) is 6.54 Å². The molecule has 0 atom stereocenters. The third kappa shape index (κ3) is 3.15. The van der Waals surface area contributed by atoms with Crippen LogP contribution in [0.1, 0.15) is 13.8 Å². The first kappa shape index (κ1) is 15.8. The van der Waals surface area contributed by atoms with Crippen molar-refractivity contribution in [3.8, 4) is 11.7 Å². The van der Waals surface area contributed by atoms with Gasteiger partial charge >= 0.3 is 5.76 Å². The number of hydrogen-bond acceptors (Lipinski definition) is 5. The molecule has 1 aromatic carbocycles. The molecule has 124 valence electrons. The van der Waals surface area contributed by atoms with Gasteiger partial charge in [-0.1, -0.05) is 18.2 Å². The Bertz CT molecular complexity index is 863. The van der Waals surface area contributed by atoms with Crippen LogP contribution < -0.4 is 10.7 Å². The molecular formula is C17H17N3O4. The van der Waals surface area contributed by atoms with E-state index in [2.05, 4.69) is 5.10 Å². The molecule has 0 unspecified atom stereocenters. The summed E-state index contributed by atoms with van der Waals surface area (Å²) in [5.41, 5.74) is 0.764. The van der Waals surface area contributed by atoms with Gasteiger partial charge in [-0.2, -0.15) is 4.68 Å². The zero-order chi connectivity index (χ0) is 17.1. The first-order valence-electron chi connectivity index (χ1n) is 7.55. The second-order valence-electron chi connectivity index (χ2n) is 5.50. The number of amides is 1. The first-order valence-corrected chi connectivity index (χ1v) is 7.55. The van der Waals surface area contributed by atoms with E-state index in [4.69, 9.17) is 8.83 Å². The lowest BCUT2D eigenvalue weighted by Crippen LogP contribution is -2.40. The Balaban J connectivity index is 1.85. The van der Waals surface area contributed by atoms with E-state index in [1.165, 1.54) is 6.26 Å². The number of hydrogen-bond donors (Lipinski definition) is 0. The van der Waals surface area contributed by atoms with E-state index in [1.807, 2.05) is 44.2 Å². The molecule has 0 N–H and O–H groups in total. The van der Waals surface area contributed by atoms with E-state index < -0.39 is 5.76 Å². The van der Waals surface area contributed by atoms with Crippen molar-refractivity contribution in [3.05, 3.63) is 59.3 Å². The molecule has 0 radical (unpaired) electrons. The van der Waals surface area contributed by atoms with E-state index in [1.54, 1.807) is 17.0 Å². The molecule has 0 aliphatic rings. The number of furan rings is 1. The summed E-state index contributed by atoms with van der Waals surface area (Å²) in [7, 11) is 0. The zero-order valence-corrected chi connectivity index (χ0v) is 13.4. The predicted molar refractivity (Wildman–Crippen MR) is 87.5 cm³/mol. The number of carbonyl (C=O) groups is 1. The van der Waals surface area contributed by atoms with Crippen LogP contribution in [0.2, 0.25) is 0 Å². The highest BCUT2D eigenvalue weighted by molar-refractivity contribution is 5.93. The number of nitrogens with zero attached hydrogens (tertiary/aromatic N) is 3. The average Bonchev–Trinajstić information content (AvgIpc) is 3.19. The summed E-state index contributed by atoms with van der Waals surface area (Å²) in [5, 5.41) is 4.02. The van der Waals surface area contributed by atoms with Gasteiger partial charge in [0, 0.05) is 11.7 Å². The van der Waals surface area contributed by atoms with Crippen molar-refractivity contribution in [3.63, 3.8) is 0 Å². The minimum Gasteiger partial charge on any atom is -0.459 e. The van der Waals surface area contributed by atoms with E-state index in [-0.39, 0.29) is 24.4 Å². The highest BCUT2D eigenvalue weighted by atomic mass is 16.4. The van der Waals surface area contributed by atoms with Gasteiger partial charge < -0.3 is 13.7 Å². The maximum absolute atomic E-state index is 12.7. The molecule has 2 heterocycles. The molecule has 0 aliphatic heterocycles. The Morgan fingerprint density at radius 2 is 1.96 bits per heavy atom. The van der Waals surface area contributed by atoms with E-state index >= 15 is 0 Å². The lowest BCUT2D eigenvalue weighted by atomic mass is 10.2. The predicted octanol–water partition coefficient (Wildman–Crippen LogP) is 2.54. The molecule has 0 saturated carbocycles. The van der Waals surface area contributed by atoms with Gasteiger partial charge in [0.05, 0.1) is 6.26 Å². The van der Waals surface area contributed by atoms with Crippen LogP contribution in [-0.2, 0) is 11.3 Å². The summed E-state index contributed by atoms with van der Waals surface area (Å²) < 4.78 is 11.2. The normalized spacial score (nSPS) is 11.0. The largest absolute Gasteiger partial charge is 0.459 e. The molecule has 0 saturated heterocycles. The maximum atomic E-state index is 12.7. The standard InChI is InChI=1S/C17H17N3O4/c1-12(2)20(13-7-4-3-5-8-13)15(21)11-19-17(22)24-16(18-19)14-9-6-10-23-14/h3-10,12H,11H2,1-2H3. The Hall–Kier alpha value is -3.09. The SMILES string of the molecule is CC(C)N(C(=O)Cn1nc(-c2ccco2)oc1=O)c1ccccc1. The quantitative estimate of drug-likeness (QED) is 0.719. The summed E-state index contributed by atoms with van der Waals surface area (Å²) >= 11 is 0. The molecule has 0 bridgehead atoms. The van der Waals surface area contributed by atoms with E-state index in [9.17, 15) is 9.59 Å². The van der Waals surface area contributed by atoms with Crippen LogP contribution in [0.4, 0.5) is 5.69 Å². The minimum atomic E-state index is -0.702. The maximum Gasteiger partial charge on any atom is 0.437 e. The fraction of sp³-hybridized carbons (Fsp3) is 0.235. The topological polar surface area (TPSA) is 81.5 Å². The Morgan fingerprint density at radius 1 is 1.21 bits per heavy atom. The van der Waals surface area contributed by atoms with Crippen molar-refractivity contribution in [2.75, 3.05) is 4.90 Å². The molecule has 7 nitrogen and oxygen atoms in total. The zero-order valence-electron chi connectivity index (χ0n) is 13.4. The summed E-state index contributed by atoms with van der Waals surface area (Å²) in [5.74, 6) is -0.570. The highest BCUT2D eigenvalue weighted by Gasteiger charge is 2.22. The summed E-state index contributed by atoms with van der Waals surface area (Å²) in [6.07, 6.45) is 1.45. The van der Waals surface area contributed by atoms with Crippen LogP contribution in [0.3, 0.4) is 0 Å². The van der Waals surface area contributed by atoms with Crippen molar-refractivity contribution >= 4 is 11.6 Å². The number of aromatic nitrogens is 2. The average molecular weight is 327 g/mol. The van der Waals surface area contributed by atoms with Gasteiger partial charge in [-0.05, 0) is 38.1 Å². The van der Waals surface area contributed by atoms with Gasteiger partial charge in [0.2, 0.25) is 5.91 Å². The van der Waals surface area contributed by atoms with Gasteiger partial charge in [-0.3, -0.25) is 4.79 Å². The van der Waals surface area contributed by atoms with Gasteiger partial charge in [-0.15, -0.1) is 5.10 Å². The molecule has 1 amide bonds. The van der Waals surface area contributed by atoms with Crippen LogP contribution in [0, 0.1) is 0 Å². The lowest BCUT2D eigenvalue weighted by Gasteiger charge is -2.26. The van der Waals surface area contributed by atoms with Crippen LogP contribution >= 0.6 is 0 Å². The minimum absolute atomic E-state index is 0.0496. The number of carbonyl (C=O) groups excluding carboxylic acids is 1. The highest BCUT2D eigenvalue weighted by Crippen LogP contribution is 2.18. The molecule has 24 heavy (non-hydrogen) atoms. The second-order valence-corrected chi connectivity index (χ2v) is 5.50. The van der Waals surface area contributed by atoms with Crippen molar-refractivity contribution in [1.29, 1.82) is 0 Å². The molecule has 7 heteroatoms. The first-order chi connectivity index (χ1) is 11.6. The number of para-hydroxylation sites is 1. The molecule has 3 aromatic rings. The Kier molecular flexibility index (Phi) is 4.33. The van der Waals surface area contributed by atoms with E-state index in [0.29, 0.717) is 5.76 Å². The molecule has 0 spiro atoms. The summed E-state index contributed by atoms with van der Waals surface area (Å²) in [6.45, 7) is 3.60. The summed E-state index contributed by atoms with van der Waals surface area (Å²) in [6, 6.07) is 12.5. The third-order valence-corrected chi connectivity index (χ3v) is 3.44. The van der Waals surface area contributed by atoms with Crippen LogP contribution in [-0.4, -0.2) is 21.7 Å². The Morgan fingerprint density at radius 3 is 2.58 bits per heavy atom. The van der Waals surface area contributed by atoms with Crippen molar-refractivity contribution in [2.24, 2.45) is 0 Å². The third-order valence-electron chi connectivity index (χ3n) is 3.44. The lowest BCUT2D eigenvalue weighted by molar-refractivity contribution is -0.119. The van der Waals surface area contributed by atoms with Crippen molar-refractivity contribution in [1.82, 2.24) is 9.78 Å². The molecule has 3 rings (SSSR count). The molecule has 0 aliphatic carbocycles. The van der Waals surface area contributed by atoms with Crippen molar-refractivity contribution < 1.29 is 13.6 Å². The van der Waals surface area contributed by atoms with Crippen LogP contribution in [0.5, 0.6) is 0 Å². The van der Waals surface area contributed by atoms with Crippen LogP contribution in [0.15, 0.2) is 62.4 Å². The van der Waals surface area contributed by atoms with E-state index in [0.717, 1.165) is 10.4 Å². The second kappa shape index (κ2) is 6.57. The Labute approximate surface area is 138 Å². The van der Waals surface area contributed by atoms with Crippen LogP contribution in [0.25, 0.3) is 11.7 Å². The van der Waals surface area contributed by atoms with Gasteiger partial charge in [0.15, 0.2) is 5.76 Å². The monoisotopic (exact) mass is 327 g/mol. The van der Waals surface area contributed by atoms with Gasteiger partial charge in [0.25, 0.3) is 5.89 Å². The smallest absolute Gasteiger partial charge is 0.437 e.